The maximum atomic E-state index is 5.89. The summed E-state index contributed by atoms with van der Waals surface area (Å²) in [5, 5.41) is 0.659. The second kappa shape index (κ2) is 5.96. The van der Waals surface area contributed by atoms with Gasteiger partial charge in [-0.2, -0.15) is 0 Å². The van der Waals surface area contributed by atoms with Crippen LogP contribution >= 0.6 is 46.1 Å². The van der Waals surface area contributed by atoms with Crippen molar-refractivity contribution in [3.05, 3.63) is 50.1 Å². The number of hydrogen-bond acceptors (Lipinski definition) is 2. The van der Waals surface area contributed by atoms with E-state index in [1.165, 1.54) is 11.3 Å². The molecule has 0 spiro atoms. The number of alkyl halides is 1. The molecule has 0 bridgehead atoms. The second-order valence-electron chi connectivity index (χ2n) is 3.38. The van der Waals surface area contributed by atoms with Gasteiger partial charge in [0.2, 0.25) is 0 Å². The van der Waals surface area contributed by atoms with Crippen molar-refractivity contribution in [3.8, 4) is 5.75 Å². The van der Waals surface area contributed by atoms with Gasteiger partial charge in [-0.25, -0.2) is 0 Å². The first-order chi connectivity index (χ1) is 8.19. The van der Waals surface area contributed by atoms with Crippen LogP contribution in [0.15, 0.2) is 30.3 Å². The largest absolute Gasteiger partial charge is 0.488 e. The lowest BCUT2D eigenvalue weighted by atomic mass is 10.2. The minimum absolute atomic E-state index is 0.376. The van der Waals surface area contributed by atoms with Crippen LogP contribution in [-0.4, -0.2) is 0 Å². The number of hydrogen-bond donors (Lipinski definition) is 0. The molecule has 0 fully saturated rings. The van der Waals surface area contributed by atoms with E-state index in [0.29, 0.717) is 17.5 Å². The fourth-order valence-electron chi connectivity index (χ4n) is 1.37. The van der Waals surface area contributed by atoms with Crippen LogP contribution < -0.4 is 4.74 Å². The molecule has 0 aliphatic rings. The summed E-state index contributed by atoms with van der Waals surface area (Å²) in [6.45, 7) is 0.489. The molecule has 2 aromatic rings. The first kappa shape index (κ1) is 13.0. The first-order valence-corrected chi connectivity index (χ1v) is 7.01. The average Bonchev–Trinajstić information content (AvgIpc) is 2.73. The van der Waals surface area contributed by atoms with E-state index in [-0.39, 0.29) is 0 Å². The summed E-state index contributed by atoms with van der Waals surface area (Å²) in [5.41, 5.74) is 0.891. The lowest BCUT2D eigenvalue weighted by Gasteiger charge is -2.09. The van der Waals surface area contributed by atoms with Crippen molar-refractivity contribution in [3.63, 3.8) is 0 Å². The predicted octanol–water partition coefficient (Wildman–Crippen LogP) is 5.37. The zero-order chi connectivity index (χ0) is 12.3. The van der Waals surface area contributed by atoms with E-state index in [9.17, 15) is 0 Å². The molecule has 1 aromatic heterocycles. The van der Waals surface area contributed by atoms with Gasteiger partial charge >= 0.3 is 0 Å². The smallest absolute Gasteiger partial charge is 0.124 e. The highest BCUT2D eigenvalue weighted by molar-refractivity contribution is 7.16. The fourth-order valence-corrected chi connectivity index (χ4v) is 2.78. The molecule has 17 heavy (non-hydrogen) atoms. The van der Waals surface area contributed by atoms with Gasteiger partial charge in [0, 0.05) is 15.5 Å². The Morgan fingerprint density at radius 3 is 2.59 bits per heavy atom. The van der Waals surface area contributed by atoms with Crippen molar-refractivity contribution in [2.45, 2.75) is 12.5 Å². The van der Waals surface area contributed by atoms with E-state index in [1.807, 2.05) is 24.3 Å². The molecule has 0 saturated heterocycles. The molecule has 1 heterocycles. The number of halogens is 3. The van der Waals surface area contributed by atoms with Crippen molar-refractivity contribution < 1.29 is 4.74 Å². The van der Waals surface area contributed by atoms with Gasteiger partial charge in [-0.05, 0) is 30.3 Å². The average molecular weight is 308 g/mol. The molecule has 0 unspecified atom stereocenters. The van der Waals surface area contributed by atoms with Crippen molar-refractivity contribution in [1.29, 1.82) is 0 Å². The third-order valence-electron chi connectivity index (χ3n) is 2.17. The van der Waals surface area contributed by atoms with Crippen LogP contribution in [-0.2, 0) is 12.5 Å². The highest BCUT2D eigenvalue weighted by Crippen LogP contribution is 2.27. The Hall–Kier alpha value is -0.410. The normalized spacial score (nSPS) is 10.5. The van der Waals surface area contributed by atoms with Crippen LogP contribution in [0, 0.1) is 0 Å². The van der Waals surface area contributed by atoms with Gasteiger partial charge in [0.25, 0.3) is 0 Å². The maximum Gasteiger partial charge on any atom is 0.124 e. The third-order valence-corrected chi connectivity index (χ3v) is 3.89. The number of benzene rings is 1. The Kier molecular flexibility index (Phi) is 4.57. The topological polar surface area (TPSA) is 9.23 Å². The summed E-state index contributed by atoms with van der Waals surface area (Å²) in [6, 6.07) is 9.23. The van der Waals surface area contributed by atoms with Gasteiger partial charge in [0.05, 0.1) is 10.2 Å². The summed E-state index contributed by atoms with van der Waals surface area (Å²) >= 11 is 19.1. The van der Waals surface area contributed by atoms with Crippen LogP contribution in [0.25, 0.3) is 0 Å². The summed E-state index contributed by atoms with van der Waals surface area (Å²) in [4.78, 5) is 1.07. The lowest BCUT2D eigenvalue weighted by Crippen LogP contribution is -1.95. The molecule has 0 radical (unpaired) electrons. The number of ether oxygens (including phenoxy) is 1. The van der Waals surface area contributed by atoms with Crippen molar-refractivity contribution >= 4 is 46.1 Å². The Labute approximate surface area is 119 Å². The molecule has 5 heteroatoms. The molecule has 1 nitrogen and oxygen atoms in total. The van der Waals surface area contributed by atoms with Crippen LogP contribution in [0.3, 0.4) is 0 Å². The second-order valence-corrected chi connectivity index (χ2v) is 5.88. The van der Waals surface area contributed by atoms with Gasteiger partial charge in [0.15, 0.2) is 0 Å². The van der Waals surface area contributed by atoms with Gasteiger partial charge in [-0.3, -0.25) is 0 Å². The van der Waals surface area contributed by atoms with Crippen molar-refractivity contribution in [2.24, 2.45) is 0 Å². The third kappa shape index (κ3) is 3.52. The number of rotatable bonds is 4. The summed E-state index contributed by atoms with van der Waals surface area (Å²) < 4.78 is 6.45. The molecular formula is C12H9Cl3OS. The number of thiophene rings is 1. The molecule has 0 N–H and O–H groups in total. The molecular weight excluding hydrogens is 299 g/mol. The highest BCUT2D eigenvalue weighted by atomic mass is 35.5. The van der Waals surface area contributed by atoms with Gasteiger partial charge in [0.1, 0.15) is 12.4 Å². The highest BCUT2D eigenvalue weighted by Gasteiger charge is 2.05. The standard InChI is InChI=1S/C12H9Cl3OS/c13-6-8-5-9(14)1-3-11(8)16-7-10-2-4-12(15)17-10/h1-5H,6-7H2. The van der Waals surface area contributed by atoms with Gasteiger partial charge in [-0.1, -0.05) is 23.2 Å². The molecule has 0 saturated carbocycles. The summed E-state index contributed by atoms with van der Waals surface area (Å²) in [6.07, 6.45) is 0. The Bertz CT molecular complexity index is 510. The summed E-state index contributed by atoms with van der Waals surface area (Å²) in [5.74, 6) is 1.13. The summed E-state index contributed by atoms with van der Waals surface area (Å²) in [7, 11) is 0. The SMILES string of the molecule is ClCc1cc(Cl)ccc1OCc1ccc(Cl)s1. The fraction of sp³-hybridized carbons (Fsp3) is 0.167. The Morgan fingerprint density at radius 2 is 1.94 bits per heavy atom. The molecule has 2 rings (SSSR count). The minimum atomic E-state index is 0.376. The lowest BCUT2D eigenvalue weighted by molar-refractivity contribution is 0.307. The minimum Gasteiger partial charge on any atom is -0.488 e. The van der Waals surface area contributed by atoms with E-state index in [1.54, 1.807) is 6.07 Å². The first-order valence-electron chi connectivity index (χ1n) is 4.90. The van der Waals surface area contributed by atoms with E-state index < -0.39 is 0 Å². The quantitative estimate of drug-likeness (QED) is 0.690. The zero-order valence-corrected chi connectivity index (χ0v) is 11.8. The van der Waals surface area contributed by atoms with E-state index in [2.05, 4.69) is 0 Å². The van der Waals surface area contributed by atoms with Crippen LogP contribution in [0.4, 0.5) is 0 Å². The Morgan fingerprint density at radius 1 is 1.12 bits per heavy atom. The molecule has 0 aliphatic carbocycles. The van der Waals surface area contributed by atoms with Crippen molar-refractivity contribution in [1.82, 2.24) is 0 Å². The van der Waals surface area contributed by atoms with Crippen LogP contribution in [0.1, 0.15) is 10.4 Å². The van der Waals surface area contributed by atoms with E-state index >= 15 is 0 Å². The van der Waals surface area contributed by atoms with E-state index in [4.69, 9.17) is 39.5 Å². The van der Waals surface area contributed by atoms with Crippen molar-refractivity contribution in [2.75, 3.05) is 0 Å². The Balaban J connectivity index is 2.08. The molecule has 0 aliphatic heterocycles. The zero-order valence-electron chi connectivity index (χ0n) is 8.75. The van der Waals surface area contributed by atoms with Gasteiger partial charge in [-0.15, -0.1) is 22.9 Å². The van der Waals surface area contributed by atoms with E-state index in [0.717, 1.165) is 20.5 Å². The van der Waals surface area contributed by atoms with Crippen LogP contribution in [0.2, 0.25) is 9.36 Å². The molecule has 0 amide bonds. The maximum absolute atomic E-state index is 5.89. The molecule has 1 aromatic carbocycles. The monoisotopic (exact) mass is 306 g/mol. The van der Waals surface area contributed by atoms with Crippen LogP contribution in [0.5, 0.6) is 5.75 Å². The molecule has 90 valence electrons. The molecule has 0 atom stereocenters. The predicted molar refractivity (Wildman–Crippen MR) is 74.7 cm³/mol. The van der Waals surface area contributed by atoms with Gasteiger partial charge < -0.3 is 4.74 Å².